The zero-order valence-corrected chi connectivity index (χ0v) is 24.9. The molecule has 12 heteroatoms. The van der Waals surface area contributed by atoms with Crippen molar-refractivity contribution in [3.8, 4) is 17.2 Å². The molecule has 2 N–H and O–H groups in total. The highest BCUT2D eigenvalue weighted by Crippen LogP contribution is 2.35. The average molecular weight is 595 g/mol. The number of carbonyl (C=O) groups is 2. The average Bonchev–Trinajstić information content (AvgIpc) is 3.77. The van der Waals surface area contributed by atoms with Crippen molar-refractivity contribution in [3.63, 3.8) is 0 Å². The fourth-order valence-corrected chi connectivity index (χ4v) is 5.25. The van der Waals surface area contributed by atoms with Crippen LogP contribution in [0.3, 0.4) is 0 Å². The lowest BCUT2D eigenvalue weighted by Gasteiger charge is -2.16. The van der Waals surface area contributed by atoms with E-state index in [4.69, 9.17) is 14.6 Å². The normalized spacial score (nSPS) is 14.5. The summed E-state index contributed by atoms with van der Waals surface area (Å²) in [6.45, 7) is 3.68. The number of nitrogens with zero attached hydrogens (tertiary/aromatic N) is 6. The number of fused-ring (bicyclic) bond motifs is 1. The SMILES string of the molecule is CCC(=O)N1CC[C@@H](Nc2nn(Cc3ccc(OC)cc3)c3nccc(Oc4ccc(C(=O)Nc5nccn5C)cc4)c23)C1. The van der Waals surface area contributed by atoms with E-state index in [1.807, 2.05) is 47.8 Å². The summed E-state index contributed by atoms with van der Waals surface area (Å²) >= 11 is 0. The maximum atomic E-state index is 12.7. The predicted molar refractivity (Wildman–Crippen MR) is 166 cm³/mol. The van der Waals surface area contributed by atoms with Crippen LogP contribution in [0, 0.1) is 0 Å². The van der Waals surface area contributed by atoms with E-state index in [-0.39, 0.29) is 17.9 Å². The van der Waals surface area contributed by atoms with E-state index in [1.165, 1.54) is 0 Å². The molecule has 6 rings (SSSR count). The van der Waals surface area contributed by atoms with Crippen molar-refractivity contribution in [1.82, 2.24) is 29.2 Å². The molecule has 1 aliphatic rings. The van der Waals surface area contributed by atoms with E-state index in [1.54, 1.807) is 60.6 Å². The van der Waals surface area contributed by atoms with E-state index >= 15 is 0 Å². The minimum atomic E-state index is -0.268. The summed E-state index contributed by atoms with van der Waals surface area (Å²) in [5, 5.41) is 12.0. The Labute approximate surface area is 254 Å². The molecule has 0 unspecified atom stereocenters. The van der Waals surface area contributed by atoms with Crippen molar-refractivity contribution >= 4 is 34.6 Å². The van der Waals surface area contributed by atoms with Crippen molar-refractivity contribution in [3.05, 3.63) is 84.3 Å². The zero-order valence-electron chi connectivity index (χ0n) is 24.9. The Hall–Kier alpha value is -5.39. The highest BCUT2D eigenvalue weighted by Gasteiger charge is 2.27. The summed E-state index contributed by atoms with van der Waals surface area (Å²) in [4.78, 5) is 35.7. The Balaban J connectivity index is 1.28. The van der Waals surface area contributed by atoms with Crippen molar-refractivity contribution in [2.24, 2.45) is 7.05 Å². The number of imidazole rings is 1. The van der Waals surface area contributed by atoms with Gasteiger partial charge in [0.2, 0.25) is 11.9 Å². The standard InChI is InChI=1S/C32H34N8O4/c1-4-27(41)39-17-14-23(20-39)35-29-28-26(13-15-33-30(28)40(37-29)19-21-5-9-24(43-3)10-6-21)44-25-11-7-22(8-12-25)31(42)36-32-34-16-18-38(32)2/h5-13,15-16,18,23H,4,14,17,19-20H2,1-3H3,(H,35,37)(H,34,36,42)/t23-/m1/s1. The van der Waals surface area contributed by atoms with Crippen LogP contribution in [-0.2, 0) is 18.4 Å². The Morgan fingerprint density at radius 3 is 2.48 bits per heavy atom. The molecule has 44 heavy (non-hydrogen) atoms. The van der Waals surface area contributed by atoms with Gasteiger partial charge in [0.25, 0.3) is 5.91 Å². The molecule has 226 valence electrons. The van der Waals surface area contributed by atoms with Gasteiger partial charge >= 0.3 is 0 Å². The quantitative estimate of drug-likeness (QED) is 0.238. The number of ether oxygens (including phenoxy) is 2. The fraction of sp³-hybridized carbons (Fsp3) is 0.281. The molecule has 0 radical (unpaired) electrons. The van der Waals surface area contributed by atoms with Crippen LogP contribution in [0.25, 0.3) is 11.0 Å². The highest BCUT2D eigenvalue weighted by molar-refractivity contribution is 6.03. The van der Waals surface area contributed by atoms with Crippen LogP contribution < -0.4 is 20.1 Å². The number of amides is 2. The molecular formula is C32H34N8O4. The van der Waals surface area contributed by atoms with Crippen molar-refractivity contribution in [1.29, 1.82) is 0 Å². The molecule has 5 aromatic rings. The third-order valence-corrected chi connectivity index (χ3v) is 7.66. The van der Waals surface area contributed by atoms with Gasteiger partial charge in [0.05, 0.1) is 13.7 Å². The van der Waals surface area contributed by atoms with Crippen molar-refractivity contribution < 1.29 is 19.1 Å². The van der Waals surface area contributed by atoms with Gasteiger partial charge in [-0.1, -0.05) is 19.1 Å². The molecule has 1 aliphatic heterocycles. The lowest BCUT2D eigenvalue weighted by atomic mass is 10.2. The van der Waals surface area contributed by atoms with Gasteiger partial charge in [-0.3, -0.25) is 14.9 Å². The number of hydrogen-bond acceptors (Lipinski definition) is 8. The van der Waals surface area contributed by atoms with Crippen LogP contribution in [0.15, 0.2) is 73.2 Å². The summed E-state index contributed by atoms with van der Waals surface area (Å²) in [6, 6.07) is 16.6. The molecule has 1 saturated heterocycles. The summed E-state index contributed by atoms with van der Waals surface area (Å²) in [5.41, 5.74) is 2.17. The minimum Gasteiger partial charge on any atom is -0.497 e. The molecule has 0 aliphatic carbocycles. The van der Waals surface area contributed by atoms with E-state index in [9.17, 15) is 9.59 Å². The third-order valence-electron chi connectivity index (χ3n) is 7.66. The highest BCUT2D eigenvalue weighted by atomic mass is 16.5. The van der Waals surface area contributed by atoms with Gasteiger partial charge in [-0.15, -0.1) is 0 Å². The molecule has 3 aromatic heterocycles. The Morgan fingerprint density at radius 2 is 1.77 bits per heavy atom. The van der Waals surface area contributed by atoms with Crippen LogP contribution in [-0.4, -0.2) is 67.3 Å². The second kappa shape index (κ2) is 12.5. The third kappa shape index (κ3) is 6.05. The van der Waals surface area contributed by atoms with Crippen LogP contribution in [0.2, 0.25) is 0 Å². The number of likely N-dealkylation sites (tertiary alicyclic amines) is 1. The first-order valence-electron chi connectivity index (χ1n) is 14.5. The molecule has 0 bridgehead atoms. The Morgan fingerprint density at radius 1 is 1.00 bits per heavy atom. The van der Waals surface area contributed by atoms with Gasteiger partial charge in [0.15, 0.2) is 11.5 Å². The lowest BCUT2D eigenvalue weighted by Crippen LogP contribution is -2.31. The fourth-order valence-electron chi connectivity index (χ4n) is 5.25. The van der Waals surface area contributed by atoms with Gasteiger partial charge in [-0.2, -0.15) is 5.10 Å². The van der Waals surface area contributed by atoms with E-state index in [0.29, 0.717) is 60.5 Å². The number of pyridine rings is 1. The van der Waals surface area contributed by atoms with E-state index < -0.39 is 0 Å². The molecule has 1 fully saturated rings. The molecule has 1 atom stereocenters. The number of hydrogen-bond donors (Lipinski definition) is 2. The summed E-state index contributed by atoms with van der Waals surface area (Å²) in [7, 11) is 3.45. The topological polar surface area (TPSA) is 128 Å². The van der Waals surface area contributed by atoms with Gasteiger partial charge in [0, 0.05) is 62.8 Å². The first-order valence-corrected chi connectivity index (χ1v) is 14.5. The summed E-state index contributed by atoms with van der Waals surface area (Å²) < 4.78 is 15.3. The van der Waals surface area contributed by atoms with Gasteiger partial charge in [-0.25, -0.2) is 14.6 Å². The van der Waals surface area contributed by atoms with Crippen LogP contribution in [0.1, 0.15) is 35.7 Å². The number of benzene rings is 2. The number of rotatable bonds is 10. The molecule has 2 aromatic carbocycles. The lowest BCUT2D eigenvalue weighted by molar-refractivity contribution is -0.129. The number of methoxy groups -OCH3 is 1. The maximum absolute atomic E-state index is 12.7. The number of aromatic nitrogens is 5. The predicted octanol–water partition coefficient (Wildman–Crippen LogP) is 4.69. The first-order chi connectivity index (χ1) is 21.4. The Bertz CT molecular complexity index is 1780. The number of nitrogens with one attached hydrogen (secondary N) is 2. The Kier molecular flexibility index (Phi) is 8.13. The molecule has 0 spiro atoms. The van der Waals surface area contributed by atoms with Crippen LogP contribution >= 0.6 is 0 Å². The smallest absolute Gasteiger partial charge is 0.257 e. The number of carbonyl (C=O) groups excluding carboxylic acids is 2. The first kappa shape index (κ1) is 28.7. The summed E-state index contributed by atoms with van der Waals surface area (Å²) in [6.07, 6.45) is 6.38. The zero-order chi connectivity index (χ0) is 30.6. The monoisotopic (exact) mass is 594 g/mol. The molecule has 4 heterocycles. The van der Waals surface area contributed by atoms with Gasteiger partial charge in [0.1, 0.15) is 22.6 Å². The number of anilines is 2. The van der Waals surface area contributed by atoms with E-state index in [2.05, 4.69) is 20.6 Å². The van der Waals surface area contributed by atoms with Gasteiger partial charge < -0.3 is 24.3 Å². The molecular weight excluding hydrogens is 560 g/mol. The van der Waals surface area contributed by atoms with Crippen LogP contribution in [0.5, 0.6) is 17.2 Å². The van der Waals surface area contributed by atoms with Crippen molar-refractivity contribution in [2.45, 2.75) is 32.4 Å². The molecule has 0 saturated carbocycles. The largest absolute Gasteiger partial charge is 0.497 e. The van der Waals surface area contributed by atoms with Crippen molar-refractivity contribution in [2.75, 3.05) is 30.8 Å². The second-order valence-corrected chi connectivity index (χ2v) is 10.6. The summed E-state index contributed by atoms with van der Waals surface area (Å²) in [5.74, 6) is 2.89. The maximum Gasteiger partial charge on any atom is 0.257 e. The minimum absolute atomic E-state index is 0.0441. The molecule has 2 amide bonds. The number of aryl methyl sites for hydroxylation is 1. The van der Waals surface area contributed by atoms with E-state index in [0.717, 1.165) is 23.1 Å². The second-order valence-electron chi connectivity index (χ2n) is 10.6. The molecule has 12 nitrogen and oxygen atoms in total. The van der Waals surface area contributed by atoms with Gasteiger partial charge in [-0.05, 0) is 48.4 Å². The van der Waals surface area contributed by atoms with Crippen LogP contribution in [0.4, 0.5) is 11.8 Å².